The van der Waals surface area contributed by atoms with Crippen LogP contribution < -0.4 is 5.32 Å². The van der Waals surface area contributed by atoms with E-state index in [4.69, 9.17) is 0 Å². The van der Waals surface area contributed by atoms with Gasteiger partial charge >= 0.3 is 0 Å². The highest BCUT2D eigenvalue weighted by Gasteiger charge is 2.20. The van der Waals surface area contributed by atoms with Gasteiger partial charge in [0, 0.05) is 23.7 Å². The summed E-state index contributed by atoms with van der Waals surface area (Å²) in [5.74, 6) is 0. The molecule has 0 fully saturated rings. The molecule has 1 unspecified atom stereocenters. The van der Waals surface area contributed by atoms with Gasteiger partial charge in [0.05, 0.1) is 4.90 Å². The molecule has 0 spiro atoms. The van der Waals surface area contributed by atoms with E-state index in [1.807, 2.05) is 23.5 Å². The summed E-state index contributed by atoms with van der Waals surface area (Å²) in [6.45, 7) is 0.768. The van der Waals surface area contributed by atoms with Crippen molar-refractivity contribution in [3.05, 3.63) is 51.7 Å². The molecule has 3 rings (SSSR count). The normalized spacial score (nSPS) is 18.4. The van der Waals surface area contributed by atoms with Crippen LogP contribution in [0.25, 0.3) is 0 Å². The van der Waals surface area contributed by atoms with E-state index in [9.17, 15) is 8.42 Å². The zero-order valence-electron chi connectivity index (χ0n) is 12.0. The molecule has 0 amide bonds. The Kier molecular flexibility index (Phi) is 4.15. The van der Waals surface area contributed by atoms with Gasteiger partial charge in [-0.1, -0.05) is 12.1 Å². The van der Waals surface area contributed by atoms with Gasteiger partial charge in [0.2, 0.25) is 0 Å². The number of hydrogen-bond donors (Lipinski definition) is 1. The highest BCUT2D eigenvalue weighted by atomic mass is 32.2. The molecule has 1 atom stereocenters. The summed E-state index contributed by atoms with van der Waals surface area (Å²) in [5, 5.41) is 5.77. The van der Waals surface area contributed by atoms with Gasteiger partial charge in [0.1, 0.15) is 0 Å². The number of thiophene rings is 1. The highest BCUT2D eigenvalue weighted by Crippen LogP contribution is 2.33. The lowest BCUT2D eigenvalue weighted by atomic mass is 9.94. The lowest BCUT2D eigenvalue weighted by Gasteiger charge is -2.23. The third kappa shape index (κ3) is 3.36. The molecule has 1 heterocycles. The van der Waals surface area contributed by atoms with Crippen molar-refractivity contribution >= 4 is 21.2 Å². The van der Waals surface area contributed by atoms with Crippen LogP contribution in [0.2, 0.25) is 0 Å². The van der Waals surface area contributed by atoms with Crippen LogP contribution >= 0.6 is 11.3 Å². The molecular weight excluding hydrogens is 302 g/mol. The minimum absolute atomic E-state index is 0.379. The predicted octanol–water partition coefficient (Wildman–Crippen LogP) is 3.32. The summed E-state index contributed by atoms with van der Waals surface area (Å²) in [6, 6.07) is 9.80. The Morgan fingerprint density at radius 3 is 2.71 bits per heavy atom. The molecule has 0 bridgehead atoms. The lowest BCUT2D eigenvalue weighted by Crippen LogP contribution is -2.23. The van der Waals surface area contributed by atoms with E-state index >= 15 is 0 Å². The van der Waals surface area contributed by atoms with E-state index in [0.717, 1.165) is 12.1 Å². The van der Waals surface area contributed by atoms with Gasteiger partial charge in [-0.3, -0.25) is 0 Å². The largest absolute Gasteiger partial charge is 0.306 e. The SMILES string of the molecule is CS(=O)(=O)c1ccc(CNC2CCCc3sccc32)cc1. The van der Waals surface area contributed by atoms with Crippen molar-refractivity contribution < 1.29 is 8.42 Å². The van der Waals surface area contributed by atoms with Gasteiger partial charge in [-0.05, 0) is 54.0 Å². The number of fused-ring (bicyclic) bond motifs is 1. The summed E-state index contributed by atoms with van der Waals surface area (Å²) in [5.41, 5.74) is 2.56. The Balaban J connectivity index is 1.67. The number of aryl methyl sites for hydroxylation is 1. The molecule has 0 saturated carbocycles. The molecule has 1 aromatic heterocycles. The van der Waals surface area contributed by atoms with Crippen molar-refractivity contribution in [2.75, 3.05) is 6.26 Å². The zero-order chi connectivity index (χ0) is 14.9. The van der Waals surface area contributed by atoms with E-state index < -0.39 is 9.84 Å². The first-order valence-corrected chi connectivity index (χ1v) is 9.90. The van der Waals surface area contributed by atoms with Crippen molar-refractivity contribution in [2.24, 2.45) is 0 Å². The molecule has 1 N–H and O–H groups in total. The van der Waals surface area contributed by atoms with E-state index in [0.29, 0.717) is 10.9 Å². The van der Waals surface area contributed by atoms with Gasteiger partial charge in [-0.25, -0.2) is 8.42 Å². The van der Waals surface area contributed by atoms with Gasteiger partial charge in [0.15, 0.2) is 9.84 Å². The average Bonchev–Trinajstić information content (AvgIpc) is 2.93. The van der Waals surface area contributed by atoms with Gasteiger partial charge in [-0.15, -0.1) is 11.3 Å². The number of benzene rings is 1. The van der Waals surface area contributed by atoms with Crippen LogP contribution in [0.4, 0.5) is 0 Å². The third-order valence-electron chi connectivity index (χ3n) is 3.96. The van der Waals surface area contributed by atoms with E-state index in [1.165, 1.54) is 36.0 Å². The third-order valence-corrected chi connectivity index (χ3v) is 6.08. The standard InChI is InChI=1S/C16H19NO2S2/c1-21(18,19)13-7-5-12(6-8-13)11-17-15-3-2-4-16-14(15)9-10-20-16/h5-10,15,17H,2-4,11H2,1H3. The Bertz CT molecular complexity index is 717. The molecule has 0 saturated heterocycles. The Hall–Kier alpha value is -1.17. The first-order chi connectivity index (χ1) is 10.0. The van der Waals surface area contributed by atoms with Crippen LogP contribution in [0, 0.1) is 0 Å². The lowest BCUT2D eigenvalue weighted by molar-refractivity contribution is 0.463. The van der Waals surface area contributed by atoms with Gasteiger partial charge < -0.3 is 5.32 Å². The summed E-state index contributed by atoms with van der Waals surface area (Å²) < 4.78 is 22.9. The van der Waals surface area contributed by atoms with Crippen LogP contribution in [0.15, 0.2) is 40.6 Å². The molecule has 2 aromatic rings. The fourth-order valence-corrected chi connectivity index (χ4v) is 4.41. The summed E-state index contributed by atoms with van der Waals surface area (Å²) >= 11 is 1.85. The minimum Gasteiger partial charge on any atom is -0.306 e. The fourth-order valence-electron chi connectivity index (χ4n) is 2.79. The van der Waals surface area contributed by atoms with E-state index in [2.05, 4.69) is 16.8 Å². The highest BCUT2D eigenvalue weighted by molar-refractivity contribution is 7.90. The molecule has 0 radical (unpaired) electrons. The van der Waals surface area contributed by atoms with Crippen LogP contribution in [-0.4, -0.2) is 14.7 Å². The van der Waals surface area contributed by atoms with Crippen molar-refractivity contribution in [2.45, 2.75) is 36.7 Å². The molecule has 1 aromatic carbocycles. The zero-order valence-corrected chi connectivity index (χ0v) is 13.6. The van der Waals surface area contributed by atoms with Crippen molar-refractivity contribution in [1.82, 2.24) is 5.32 Å². The minimum atomic E-state index is -3.11. The molecule has 21 heavy (non-hydrogen) atoms. The van der Waals surface area contributed by atoms with E-state index in [1.54, 1.807) is 12.1 Å². The van der Waals surface area contributed by atoms with Gasteiger partial charge in [0.25, 0.3) is 0 Å². The number of sulfone groups is 1. The molecule has 112 valence electrons. The predicted molar refractivity (Wildman–Crippen MR) is 86.4 cm³/mol. The van der Waals surface area contributed by atoms with Crippen molar-refractivity contribution in [3.63, 3.8) is 0 Å². The van der Waals surface area contributed by atoms with Gasteiger partial charge in [-0.2, -0.15) is 0 Å². The maximum Gasteiger partial charge on any atom is 0.175 e. The van der Waals surface area contributed by atoms with Crippen LogP contribution in [0.1, 0.15) is 34.9 Å². The second kappa shape index (κ2) is 5.91. The van der Waals surface area contributed by atoms with Crippen LogP contribution in [0.5, 0.6) is 0 Å². The smallest absolute Gasteiger partial charge is 0.175 e. The fraction of sp³-hybridized carbons (Fsp3) is 0.375. The second-order valence-electron chi connectivity index (χ2n) is 5.54. The number of hydrogen-bond acceptors (Lipinski definition) is 4. The second-order valence-corrected chi connectivity index (χ2v) is 8.56. The molecular formula is C16H19NO2S2. The summed E-state index contributed by atoms with van der Waals surface area (Å²) in [7, 11) is -3.11. The Labute approximate surface area is 129 Å². The maximum absolute atomic E-state index is 11.4. The number of rotatable bonds is 4. The maximum atomic E-state index is 11.4. The van der Waals surface area contributed by atoms with Crippen molar-refractivity contribution in [1.29, 1.82) is 0 Å². The quantitative estimate of drug-likeness (QED) is 0.939. The topological polar surface area (TPSA) is 46.2 Å². The molecule has 5 heteroatoms. The summed E-state index contributed by atoms with van der Waals surface area (Å²) in [4.78, 5) is 1.88. The first kappa shape index (κ1) is 14.8. The molecule has 3 nitrogen and oxygen atoms in total. The van der Waals surface area contributed by atoms with Crippen LogP contribution in [-0.2, 0) is 22.8 Å². The number of nitrogens with one attached hydrogen (secondary N) is 1. The molecule has 1 aliphatic rings. The molecule has 1 aliphatic carbocycles. The van der Waals surface area contributed by atoms with E-state index in [-0.39, 0.29) is 0 Å². The Morgan fingerprint density at radius 2 is 2.00 bits per heavy atom. The first-order valence-electron chi connectivity index (χ1n) is 7.13. The average molecular weight is 321 g/mol. The summed E-state index contributed by atoms with van der Waals surface area (Å²) in [6.07, 6.45) is 4.85. The molecule has 0 aliphatic heterocycles. The van der Waals surface area contributed by atoms with Crippen LogP contribution in [0.3, 0.4) is 0 Å². The Morgan fingerprint density at radius 1 is 1.24 bits per heavy atom. The monoisotopic (exact) mass is 321 g/mol. The van der Waals surface area contributed by atoms with Crippen molar-refractivity contribution in [3.8, 4) is 0 Å².